The minimum atomic E-state index is -0.941. The molecule has 0 unspecified atom stereocenters. The third-order valence-corrected chi connectivity index (χ3v) is 3.76. The SMILES string of the molecule is O=C(O)c1ccc2c(n1)CC1(CCC1)NC2. The Kier molecular flexibility index (Phi) is 2.01. The zero-order chi connectivity index (χ0) is 11.2. The van der Waals surface area contributed by atoms with E-state index in [1.54, 1.807) is 6.07 Å². The summed E-state index contributed by atoms with van der Waals surface area (Å²) in [5, 5.41) is 12.5. The fourth-order valence-corrected chi connectivity index (χ4v) is 2.59. The Bertz CT molecular complexity index is 452. The van der Waals surface area contributed by atoms with Crippen LogP contribution < -0.4 is 5.32 Å². The smallest absolute Gasteiger partial charge is 0.354 e. The summed E-state index contributed by atoms with van der Waals surface area (Å²) in [6.45, 7) is 0.822. The summed E-state index contributed by atoms with van der Waals surface area (Å²) >= 11 is 0. The molecule has 0 aromatic carbocycles. The first-order valence-electron chi connectivity index (χ1n) is 5.66. The Balaban J connectivity index is 1.95. The van der Waals surface area contributed by atoms with Crippen molar-refractivity contribution in [2.45, 2.75) is 37.8 Å². The molecule has 1 fully saturated rings. The van der Waals surface area contributed by atoms with Crippen molar-refractivity contribution in [2.75, 3.05) is 0 Å². The maximum Gasteiger partial charge on any atom is 0.354 e. The van der Waals surface area contributed by atoms with Crippen LogP contribution in [-0.2, 0) is 13.0 Å². The Labute approximate surface area is 93.7 Å². The van der Waals surface area contributed by atoms with Crippen LogP contribution in [0, 0.1) is 0 Å². The highest BCUT2D eigenvalue weighted by Crippen LogP contribution is 2.37. The quantitative estimate of drug-likeness (QED) is 0.747. The minimum absolute atomic E-state index is 0.162. The molecule has 1 aromatic rings. The molecule has 4 nitrogen and oxygen atoms in total. The lowest BCUT2D eigenvalue weighted by molar-refractivity contribution is 0.0689. The fourth-order valence-electron chi connectivity index (χ4n) is 2.59. The van der Waals surface area contributed by atoms with Crippen molar-refractivity contribution in [3.8, 4) is 0 Å². The number of aromatic nitrogens is 1. The third kappa shape index (κ3) is 1.41. The van der Waals surface area contributed by atoms with Crippen LogP contribution in [0.3, 0.4) is 0 Å². The molecule has 2 N–H and O–H groups in total. The average Bonchev–Trinajstić information content (AvgIpc) is 2.25. The first kappa shape index (κ1) is 9.78. The van der Waals surface area contributed by atoms with Crippen molar-refractivity contribution in [3.63, 3.8) is 0 Å². The second kappa shape index (κ2) is 3.28. The highest BCUT2D eigenvalue weighted by atomic mass is 16.4. The summed E-state index contributed by atoms with van der Waals surface area (Å²) in [5.41, 5.74) is 2.49. The summed E-state index contributed by atoms with van der Waals surface area (Å²) in [6.07, 6.45) is 4.52. The van der Waals surface area contributed by atoms with Gasteiger partial charge in [-0.3, -0.25) is 0 Å². The number of carbonyl (C=O) groups is 1. The molecular weight excluding hydrogens is 204 g/mol. The highest BCUT2D eigenvalue weighted by molar-refractivity contribution is 5.85. The lowest BCUT2D eigenvalue weighted by Gasteiger charge is -2.45. The van der Waals surface area contributed by atoms with Crippen molar-refractivity contribution < 1.29 is 9.90 Å². The van der Waals surface area contributed by atoms with Crippen molar-refractivity contribution in [2.24, 2.45) is 0 Å². The second-order valence-corrected chi connectivity index (χ2v) is 4.77. The summed E-state index contributed by atoms with van der Waals surface area (Å²) < 4.78 is 0. The van der Waals surface area contributed by atoms with Crippen LogP contribution in [0.1, 0.15) is 41.0 Å². The van der Waals surface area contributed by atoms with Crippen molar-refractivity contribution in [1.29, 1.82) is 0 Å². The predicted molar refractivity (Wildman–Crippen MR) is 58.3 cm³/mol. The van der Waals surface area contributed by atoms with Gasteiger partial charge >= 0.3 is 5.97 Å². The van der Waals surface area contributed by atoms with Gasteiger partial charge in [0, 0.05) is 24.2 Å². The first-order valence-corrected chi connectivity index (χ1v) is 5.66. The maximum atomic E-state index is 10.9. The number of hydrogen-bond acceptors (Lipinski definition) is 3. The molecule has 0 amide bonds. The largest absolute Gasteiger partial charge is 0.477 e. The Morgan fingerprint density at radius 3 is 2.88 bits per heavy atom. The molecule has 3 rings (SSSR count). The number of nitrogens with one attached hydrogen (secondary N) is 1. The van der Waals surface area contributed by atoms with Gasteiger partial charge in [0.1, 0.15) is 5.69 Å². The number of aromatic carboxylic acids is 1. The molecule has 1 aliphatic heterocycles. The molecule has 1 saturated carbocycles. The van der Waals surface area contributed by atoms with Crippen molar-refractivity contribution in [3.05, 3.63) is 29.1 Å². The number of hydrogen-bond donors (Lipinski definition) is 2. The van der Waals surface area contributed by atoms with E-state index in [0.717, 1.165) is 24.2 Å². The number of nitrogens with zero attached hydrogens (tertiary/aromatic N) is 1. The number of fused-ring (bicyclic) bond motifs is 1. The van der Waals surface area contributed by atoms with Gasteiger partial charge in [-0.2, -0.15) is 0 Å². The van der Waals surface area contributed by atoms with E-state index < -0.39 is 5.97 Å². The van der Waals surface area contributed by atoms with Crippen LogP contribution in [-0.4, -0.2) is 21.6 Å². The van der Waals surface area contributed by atoms with Gasteiger partial charge in [-0.05, 0) is 30.9 Å². The van der Waals surface area contributed by atoms with Crippen LogP contribution >= 0.6 is 0 Å². The fraction of sp³-hybridized carbons (Fsp3) is 0.500. The molecular formula is C12H14N2O2. The Morgan fingerprint density at radius 1 is 1.44 bits per heavy atom. The van der Waals surface area contributed by atoms with Gasteiger partial charge in [0.25, 0.3) is 0 Å². The Morgan fingerprint density at radius 2 is 2.25 bits per heavy atom. The molecule has 0 bridgehead atoms. The molecule has 84 valence electrons. The summed E-state index contributed by atoms with van der Waals surface area (Å²) in [5.74, 6) is -0.941. The molecule has 0 atom stereocenters. The third-order valence-electron chi connectivity index (χ3n) is 3.76. The van der Waals surface area contributed by atoms with Gasteiger partial charge in [0.05, 0.1) is 0 Å². The summed E-state index contributed by atoms with van der Waals surface area (Å²) in [6, 6.07) is 3.46. The highest BCUT2D eigenvalue weighted by Gasteiger charge is 2.40. The lowest BCUT2D eigenvalue weighted by atomic mass is 9.71. The van der Waals surface area contributed by atoms with Gasteiger partial charge in [-0.25, -0.2) is 9.78 Å². The van der Waals surface area contributed by atoms with Gasteiger partial charge in [0.2, 0.25) is 0 Å². The Hall–Kier alpha value is -1.42. The topological polar surface area (TPSA) is 62.2 Å². The molecule has 0 radical (unpaired) electrons. The van der Waals surface area contributed by atoms with E-state index in [9.17, 15) is 4.79 Å². The van der Waals surface area contributed by atoms with E-state index >= 15 is 0 Å². The number of rotatable bonds is 1. The van der Waals surface area contributed by atoms with Gasteiger partial charge in [-0.15, -0.1) is 0 Å². The molecule has 4 heteroatoms. The molecule has 16 heavy (non-hydrogen) atoms. The predicted octanol–water partition coefficient (Wildman–Crippen LogP) is 1.35. The number of carboxylic acid groups (broad SMARTS) is 1. The lowest BCUT2D eigenvalue weighted by Crippen LogP contribution is -2.55. The summed E-state index contributed by atoms with van der Waals surface area (Å²) in [4.78, 5) is 15.1. The van der Waals surface area contributed by atoms with Gasteiger partial charge in [0.15, 0.2) is 0 Å². The zero-order valence-electron chi connectivity index (χ0n) is 8.99. The van der Waals surface area contributed by atoms with Gasteiger partial charge in [-0.1, -0.05) is 6.07 Å². The molecule has 2 heterocycles. The normalized spacial score (nSPS) is 21.2. The van der Waals surface area contributed by atoms with Crippen LogP contribution in [0.15, 0.2) is 12.1 Å². The molecule has 0 saturated heterocycles. The minimum Gasteiger partial charge on any atom is -0.477 e. The van der Waals surface area contributed by atoms with Crippen LogP contribution in [0.2, 0.25) is 0 Å². The molecule has 1 aliphatic carbocycles. The summed E-state index contributed by atoms with van der Waals surface area (Å²) in [7, 11) is 0. The molecule has 1 aromatic heterocycles. The van der Waals surface area contributed by atoms with Gasteiger partial charge < -0.3 is 10.4 Å². The monoisotopic (exact) mass is 218 g/mol. The van der Waals surface area contributed by atoms with Crippen LogP contribution in [0.25, 0.3) is 0 Å². The molecule has 2 aliphatic rings. The van der Waals surface area contributed by atoms with Crippen LogP contribution in [0.4, 0.5) is 0 Å². The van der Waals surface area contributed by atoms with Crippen molar-refractivity contribution in [1.82, 2.24) is 10.3 Å². The number of carboxylic acids is 1. The number of pyridine rings is 1. The standard InChI is InChI=1S/C12H14N2O2/c15-11(16)9-3-2-8-7-13-12(4-1-5-12)6-10(8)14-9/h2-3,13H,1,4-7H2,(H,15,16). The first-order chi connectivity index (χ1) is 7.69. The van der Waals surface area contributed by atoms with Crippen molar-refractivity contribution >= 4 is 5.97 Å². The molecule has 1 spiro atoms. The maximum absolute atomic E-state index is 10.9. The average molecular weight is 218 g/mol. The van der Waals surface area contributed by atoms with Crippen LogP contribution in [0.5, 0.6) is 0 Å². The van der Waals surface area contributed by atoms with E-state index in [4.69, 9.17) is 5.11 Å². The second-order valence-electron chi connectivity index (χ2n) is 4.77. The van der Waals surface area contributed by atoms with E-state index in [-0.39, 0.29) is 11.2 Å². The van der Waals surface area contributed by atoms with E-state index in [0.29, 0.717) is 0 Å². The zero-order valence-corrected chi connectivity index (χ0v) is 8.99. The van der Waals surface area contributed by atoms with E-state index in [2.05, 4.69) is 10.3 Å². The van der Waals surface area contributed by atoms with E-state index in [1.165, 1.54) is 19.3 Å². The van der Waals surface area contributed by atoms with E-state index in [1.807, 2.05) is 6.07 Å².